The molecule has 21 heavy (non-hydrogen) atoms. The van der Waals surface area contributed by atoms with Crippen molar-refractivity contribution in [2.24, 2.45) is 0 Å². The van der Waals surface area contributed by atoms with Crippen molar-refractivity contribution < 1.29 is 19.4 Å². The van der Waals surface area contributed by atoms with Crippen molar-refractivity contribution in [2.45, 2.75) is 6.61 Å². The summed E-state index contributed by atoms with van der Waals surface area (Å²) in [4.78, 5) is 16.1. The molecule has 1 saturated heterocycles. The van der Waals surface area contributed by atoms with E-state index in [1.54, 1.807) is 25.3 Å². The summed E-state index contributed by atoms with van der Waals surface area (Å²) in [5.74, 6) is 1.00. The Bertz CT molecular complexity index is 485. The maximum absolute atomic E-state index is 12.1. The van der Waals surface area contributed by atoms with E-state index in [1.807, 2.05) is 11.9 Å². The van der Waals surface area contributed by atoms with Crippen molar-refractivity contribution in [3.8, 4) is 11.5 Å². The minimum atomic E-state index is -0.0766. The molecule has 1 aromatic carbocycles. The zero-order valence-electron chi connectivity index (χ0n) is 12.5. The van der Waals surface area contributed by atoms with Gasteiger partial charge >= 0.3 is 0 Å². The Kier molecular flexibility index (Phi) is 5.41. The number of piperazine rings is 1. The maximum atomic E-state index is 12.1. The molecule has 1 aliphatic rings. The van der Waals surface area contributed by atoms with Crippen LogP contribution in [0.15, 0.2) is 18.2 Å². The first kappa shape index (κ1) is 15.6. The van der Waals surface area contributed by atoms with Crippen LogP contribution >= 0.6 is 0 Å². The molecule has 0 radical (unpaired) electrons. The molecule has 1 aliphatic heterocycles. The van der Waals surface area contributed by atoms with Gasteiger partial charge in [0, 0.05) is 26.2 Å². The van der Waals surface area contributed by atoms with Gasteiger partial charge in [0.15, 0.2) is 18.1 Å². The van der Waals surface area contributed by atoms with E-state index in [2.05, 4.69) is 4.90 Å². The van der Waals surface area contributed by atoms with Crippen LogP contribution < -0.4 is 9.47 Å². The van der Waals surface area contributed by atoms with Crippen molar-refractivity contribution in [2.75, 3.05) is 46.9 Å². The lowest BCUT2D eigenvalue weighted by atomic mass is 10.2. The fourth-order valence-electron chi connectivity index (χ4n) is 2.22. The van der Waals surface area contributed by atoms with Crippen molar-refractivity contribution >= 4 is 5.91 Å². The van der Waals surface area contributed by atoms with Crippen molar-refractivity contribution in [3.63, 3.8) is 0 Å². The third-order valence-corrected chi connectivity index (χ3v) is 3.62. The summed E-state index contributed by atoms with van der Waals surface area (Å²) in [7, 11) is 3.59. The topological polar surface area (TPSA) is 62.2 Å². The molecule has 1 amide bonds. The summed E-state index contributed by atoms with van der Waals surface area (Å²) in [6.45, 7) is 3.13. The number of carbonyl (C=O) groups is 1. The van der Waals surface area contributed by atoms with Gasteiger partial charge in [-0.1, -0.05) is 6.07 Å². The van der Waals surface area contributed by atoms with Gasteiger partial charge in [-0.05, 0) is 24.7 Å². The summed E-state index contributed by atoms with van der Waals surface area (Å²) < 4.78 is 10.8. The number of methoxy groups -OCH3 is 1. The van der Waals surface area contributed by atoms with E-state index in [4.69, 9.17) is 14.6 Å². The molecule has 0 aromatic heterocycles. The van der Waals surface area contributed by atoms with E-state index < -0.39 is 0 Å². The number of aliphatic hydroxyl groups excluding tert-OH is 1. The SMILES string of the molecule is COc1ccc(CO)cc1OCC(=O)N1CCN(C)CC1. The Hall–Kier alpha value is -1.79. The zero-order chi connectivity index (χ0) is 15.2. The van der Waals surface area contributed by atoms with E-state index in [9.17, 15) is 4.79 Å². The van der Waals surface area contributed by atoms with Crippen molar-refractivity contribution in [1.29, 1.82) is 0 Å². The Morgan fingerprint density at radius 1 is 1.24 bits per heavy atom. The molecule has 0 atom stereocenters. The molecule has 6 nitrogen and oxygen atoms in total. The smallest absolute Gasteiger partial charge is 0.260 e. The van der Waals surface area contributed by atoms with Crippen LogP contribution in [-0.4, -0.2) is 67.8 Å². The van der Waals surface area contributed by atoms with Gasteiger partial charge in [-0.2, -0.15) is 0 Å². The predicted octanol–water partition coefficient (Wildman–Crippen LogP) is 0.340. The van der Waals surface area contributed by atoms with E-state index >= 15 is 0 Å². The van der Waals surface area contributed by atoms with Gasteiger partial charge in [-0.15, -0.1) is 0 Å². The quantitative estimate of drug-likeness (QED) is 0.848. The second kappa shape index (κ2) is 7.28. The van der Waals surface area contributed by atoms with Crippen LogP contribution in [0.4, 0.5) is 0 Å². The van der Waals surface area contributed by atoms with Crippen LogP contribution in [-0.2, 0) is 11.4 Å². The average Bonchev–Trinajstić information content (AvgIpc) is 2.52. The molecule has 0 aliphatic carbocycles. The lowest BCUT2D eigenvalue weighted by molar-refractivity contribution is -0.134. The number of benzene rings is 1. The monoisotopic (exact) mass is 294 g/mol. The molecule has 0 spiro atoms. The highest BCUT2D eigenvalue weighted by atomic mass is 16.5. The van der Waals surface area contributed by atoms with Gasteiger partial charge in [0.2, 0.25) is 0 Å². The first-order valence-electron chi connectivity index (χ1n) is 7.01. The van der Waals surface area contributed by atoms with Crippen LogP contribution in [0.25, 0.3) is 0 Å². The van der Waals surface area contributed by atoms with Crippen molar-refractivity contribution in [3.05, 3.63) is 23.8 Å². The minimum Gasteiger partial charge on any atom is -0.493 e. The fraction of sp³-hybridized carbons (Fsp3) is 0.533. The minimum absolute atomic E-state index is 0.0189. The Morgan fingerprint density at radius 2 is 1.95 bits per heavy atom. The molecule has 0 bridgehead atoms. The van der Waals surface area contributed by atoms with Crippen LogP contribution in [0.2, 0.25) is 0 Å². The molecule has 6 heteroatoms. The van der Waals surface area contributed by atoms with Gasteiger partial charge in [0.05, 0.1) is 13.7 Å². The Labute approximate surface area is 124 Å². The first-order valence-corrected chi connectivity index (χ1v) is 7.01. The number of ether oxygens (including phenoxy) is 2. The average molecular weight is 294 g/mol. The molecule has 1 N–H and O–H groups in total. The second-order valence-corrected chi connectivity index (χ2v) is 5.12. The number of hydrogen-bond donors (Lipinski definition) is 1. The highest BCUT2D eigenvalue weighted by molar-refractivity contribution is 5.78. The molecule has 1 heterocycles. The molecule has 0 saturated carbocycles. The number of aliphatic hydroxyl groups is 1. The van der Waals surface area contributed by atoms with Crippen LogP contribution in [0.1, 0.15) is 5.56 Å². The summed E-state index contributed by atoms with van der Waals surface area (Å²) in [6.07, 6.45) is 0. The van der Waals surface area contributed by atoms with E-state index in [1.165, 1.54) is 0 Å². The highest BCUT2D eigenvalue weighted by Gasteiger charge is 2.19. The summed E-state index contributed by atoms with van der Waals surface area (Å²) >= 11 is 0. The lowest BCUT2D eigenvalue weighted by Crippen LogP contribution is -2.48. The van der Waals surface area contributed by atoms with Gasteiger partial charge < -0.3 is 24.4 Å². The van der Waals surface area contributed by atoms with Gasteiger partial charge in [0.1, 0.15) is 0 Å². The molecular formula is C15H22N2O4. The third-order valence-electron chi connectivity index (χ3n) is 3.62. The molecule has 1 fully saturated rings. The fourth-order valence-corrected chi connectivity index (χ4v) is 2.22. The molecule has 1 aromatic rings. The van der Waals surface area contributed by atoms with E-state index in [0.717, 1.165) is 31.7 Å². The molecule has 2 rings (SSSR count). The number of hydrogen-bond acceptors (Lipinski definition) is 5. The third kappa shape index (κ3) is 4.09. The first-order chi connectivity index (χ1) is 10.1. The van der Waals surface area contributed by atoms with E-state index in [0.29, 0.717) is 11.5 Å². The number of carbonyl (C=O) groups excluding carboxylic acids is 1. The number of nitrogens with zero attached hydrogens (tertiary/aromatic N) is 2. The molecule has 0 unspecified atom stereocenters. The van der Waals surface area contributed by atoms with Crippen molar-refractivity contribution in [1.82, 2.24) is 9.80 Å². The van der Waals surface area contributed by atoms with Crippen LogP contribution in [0, 0.1) is 0 Å². The zero-order valence-corrected chi connectivity index (χ0v) is 12.5. The largest absolute Gasteiger partial charge is 0.493 e. The van der Waals surface area contributed by atoms with Gasteiger partial charge in [0.25, 0.3) is 5.91 Å². The van der Waals surface area contributed by atoms with Crippen LogP contribution in [0.5, 0.6) is 11.5 Å². The number of likely N-dealkylation sites (N-methyl/N-ethyl adjacent to an activating group) is 1. The molecular weight excluding hydrogens is 272 g/mol. The highest BCUT2D eigenvalue weighted by Crippen LogP contribution is 2.28. The standard InChI is InChI=1S/C15H22N2O4/c1-16-5-7-17(8-6-16)15(19)11-21-14-9-12(10-18)3-4-13(14)20-2/h3-4,9,18H,5-8,10-11H2,1-2H3. The Morgan fingerprint density at radius 3 is 2.57 bits per heavy atom. The Balaban J connectivity index is 1.94. The summed E-state index contributed by atoms with van der Waals surface area (Å²) in [5, 5.41) is 9.16. The molecule has 116 valence electrons. The van der Waals surface area contributed by atoms with E-state index in [-0.39, 0.29) is 19.1 Å². The van der Waals surface area contributed by atoms with Gasteiger partial charge in [-0.25, -0.2) is 0 Å². The second-order valence-electron chi connectivity index (χ2n) is 5.12. The van der Waals surface area contributed by atoms with Crippen LogP contribution in [0.3, 0.4) is 0 Å². The number of amides is 1. The summed E-state index contributed by atoms with van der Waals surface area (Å²) in [5.41, 5.74) is 0.720. The lowest BCUT2D eigenvalue weighted by Gasteiger charge is -2.32. The number of rotatable bonds is 5. The van der Waals surface area contributed by atoms with Gasteiger partial charge in [-0.3, -0.25) is 4.79 Å². The predicted molar refractivity (Wildman–Crippen MR) is 78.5 cm³/mol. The summed E-state index contributed by atoms with van der Waals surface area (Å²) in [6, 6.07) is 5.17. The normalized spacial score (nSPS) is 15.9. The maximum Gasteiger partial charge on any atom is 0.260 e.